The van der Waals surface area contributed by atoms with Crippen LogP contribution in [0.4, 0.5) is 0 Å². The second-order valence-electron chi connectivity index (χ2n) is 14.6. The molecule has 0 saturated heterocycles. The first-order chi connectivity index (χ1) is 28.0. The molecule has 0 aliphatic rings. The molecule has 1 atom stereocenters. The maximum atomic E-state index is 15.9. The quantitative estimate of drug-likeness (QED) is 0.0951. The molecule has 2 heterocycles. The predicted molar refractivity (Wildman–Crippen MR) is 247 cm³/mol. The Hall–Kier alpha value is -5.85. The average Bonchev–Trinajstić information content (AvgIpc) is 3.68. The summed E-state index contributed by atoms with van der Waals surface area (Å²) in [5.74, 6) is 0. The molecule has 9 aromatic carbocycles. The van der Waals surface area contributed by atoms with Crippen molar-refractivity contribution in [1.82, 2.24) is 9.38 Å². The fourth-order valence-corrected chi connectivity index (χ4v) is 16.3. The Bertz CT molecular complexity index is 3430. The molecule has 11 aromatic rings. The van der Waals surface area contributed by atoms with E-state index in [0.29, 0.717) is 0 Å². The third-order valence-corrected chi connectivity index (χ3v) is 21.6. The molecule has 0 spiro atoms. The van der Waals surface area contributed by atoms with Gasteiger partial charge in [0.2, 0.25) is 0 Å². The van der Waals surface area contributed by atoms with Crippen LogP contribution in [-0.2, 0) is 4.57 Å². The molecule has 1 unspecified atom stereocenters. The van der Waals surface area contributed by atoms with Crippen LogP contribution in [0.1, 0.15) is 0 Å². The SMILES string of the molecule is O=P(c1ccccc1)(c1ccc2ccccc2c1)c1ccc2c(c1)nc1c3c4ccccc4ccc3c3ccc(P(=[Se])(c4ccccc4)c4ccccc4)cc3n21. The van der Waals surface area contributed by atoms with Crippen molar-refractivity contribution in [2.45, 2.75) is 0 Å². The second kappa shape index (κ2) is 13.4. The van der Waals surface area contributed by atoms with Crippen LogP contribution in [0.3, 0.4) is 0 Å². The minimum absolute atomic E-state index is 0.764. The zero-order valence-corrected chi connectivity index (χ0v) is 34.2. The molecule has 0 bridgehead atoms. The van der Waals surface area contributed by atoms with Crippen LogP contribution in [0.5, 0.6) is 0 Å². The molecule has 2 aromatic heterocycles. The van der Waals surface area contributed by atoms with Gasteiger partial charge in [-0.15, -0.1) is 0 Å². The van der Waals surface area contributed by atoms with E-state index in [4.69, 9.17) is 4.98 Å². The minimum atomic E-state index is -3.31. The first kappa shape index (κ1) is 34.4. The van der Waals surface area contributed by atoms with E-state index in [1.54, 1.807) is 0 Å². The van der Waals surface area contributed by atoms with Gasteiger partial charge in [-0.05, 0) is 10.8 Å². The van der Waals surface area contributed by atoms with Crippen LogP contribution in [-0.4, -0.2) is 24.5 Å². The standard InChI is InChI=1S/C51H34N2OP2Se/c54-55(38-17-4-1-5-18-38,41-26-24-35-14-10-11-16-37(35)32-41)42-28-31-48-47(33-42)52-51-50-44-23-13-12-15-36(44)25-29-46(50)45-30-27-43(34-49(45)53(48)51)56(57,39-19-6-2-7-20-39)40-21-8-3-9-22-40/h1-34H. The average molecular weight is 832 g/mol. The van der Waals surface area contributed by atoms with Gasteiger partial charge in [0.1, 0.15) is 0 Å². The summed E-state index contributed by atoms with van der Waals surface area (Å²) < 4.78 is 18.3. The van der Waals surface area contributed by atoms with E-state index in [1.165, 1.54) is 21.3 Å². The zero-order valence-electron chi connectivity index (χ0n) is 30.7. The predicted octanol–water partition coefficient (Wildman–Crippen LogP) is 10.1. The molecule has 0 aliphatic heterocycles. The number of imidazole rings is 1. The first-order valence-electron chi connectivity index (χ1n) is 19.1. The van der Waals surface area contributed by atoms with Gasteiger partial charge in [0.25, 0.3) is 0 Å². The summed E-state index contributed by atoms with van der Waals surface area (Å²) in [7, 11) is -3.31. The van der Waals surface area contributed by atoms with Crippen molar-refractivity contribution < 1.29 is 4.57 Å². The van der Waals surface area contributed by atoms with Gasteiger partial charge in [0.05, 0.1) is 0 Å². The number of pyridine rings is 1. The summed E-state index contributed by atoms with van der Waals surface area (Å²) in [6, 6.07) is 72.5. The number of nitrogens with zero attached hydrogens (tertiary/aromatic N) is 2. The van der Waals surface area contributed by atoms with Crippen LogP contribution in [0.15, 0.2) is 206 Å². The van der Waals surface area contributed by atoms with Crippen LogP contribution < -0.4 is 31.8 Å². The van der Waals surface area contributed by atoms with Gasteiger partial charge in [-0.25, -0.2) is 0 Å². The number of benzene rings is 9. The Labute approximate surface area is 337 Å². The van der Waals surface area contributed by atoms with Crippen molar-refractivity contribution in [1.29, 1.82) is 0 Å². The molecular weight excluding hydrogens is 797 g/mol. The van der Waals surface area contributed by atoms with Crippen LogP contribution >= 0.6 is 12.7 Å². The third kappa shape index (κ3) is 5.30. The van der Waals surface area contributed by atoms with E-state index < -0.39 is 12.7 Å². The fourth-order valence-electron chi connectivity index (χ4n) is 8.72. The molecule has 6 heteroatoms. The number of fused-ring (bicyclic) bond motifs is 11. The molecule has 0 fully saturated rings. The maximum absolute atomic E-state index is 15.9. The van der Waals surface area contributed by atoms with Crippen molar-refractivity contribution in [3.8, 4) is 0 Å². The monoisotopic (exact) mass is 832 g/mol. The molecule has 0 radical (unpaired) electrons. The molecule has 270 valence electrons. The fraction of sp³-hybridized carbons (Fsp3) is 0. The van der Waals surface area contributed by atoms with E-state index in [0.717, 1.165) is 70.4 Å². The van der Waals surface area contributed by atoms with Gasteiger partial charge in [-0.1, -0.05) is 48.5 Å². The molecule has 0 saturated carbocycles. The van der Waals surface area contributed by atoms with Crippen LogP contribution in [0.2, 0.25) is 0 Å². The van der Waals surface area contributed by atoms with Gasteiger partial charge in [0, 0.05) is 0 Å². The van der Waals surface area contributed by atoms with Crippen molar-refractivity contribution >= 4 is 119 Å². The van der Waals surface area contributed by atoms with E-state index in [2.05, 4.69) is 177 Å². The van der Waals surface area contributed by atoms with Gasteiger partial charge < -0.3 is 0 Å². The molecule has 3 nitrogen and oxygen atoms in total. The molecule has 0 amide bonds. The van der Waals surface area contributed by atoms with Crippen LogP contribution in [0, 0.1) is 0 Å². The summed E-state index contributed by atoms with van der Waals surface area (Å²) >= 11 is 3.77. The number of hydrogen-bond donors (Lipinski definition) is 0. The summed E-state index contributed by atoms with van der Waals surface area (Å²) in [5.41, 5.74) is 1.61. The number of rotatable bonds is 6. The van der Waals surface area contributed by atoms with Gasteiger partial charge in [-0.2, -0.15) is 0 Å². The Balaban J connectivity index is 1.23. The summed E-state index contributed by atoms with van der Waals surface area (Å²) in [4.78, 5) is 5.51. The first-order valence-corrected chi connectivity index (χ1v) is 24.8. The molecular formula is C51H34N2OP2Se. The molecule has 11 rings (SSSR count). The summed E-state index contributed by atoms with van der Waals surface area (Å²) in [6.07, 6.45) is 0. The Morgan fingerprint density at radius 1 is 0.404 bits per heavy atom. The number of hydrogen-bond acceptors (Lipinski definition) is 2. The molecule has 57 heavy (non-hydrogen) atoms. The van der Waals surface area contributed by atoms with Crippen molar-refractivity contribution in [2.24, 2.45) is 0 Å². The summed E-state index contributed by atoms with van der Waals surface area (Å²) in [5, 5.41) is 14.1. The van der Waals surface area contributed by atoms with Crippen LogP contribution in [0.25, 0.3) is 59.9 Å². The Morgan fingerprint density at radius 3 is 1.67 bits per heavy atom. The normalized spacial score (nSPS) is 13.2. The second-order valence-corrected chi connectivity index (χ2v) is 23.6. The van der Waals surface area contributed by atoms with Gasteiger partial charge >= 0.3 is 280 Å². The number of aromatic nitrogens is 2. The zero-order chi connectivity index (χ0) is 38.1. The molecule has 0 N–H and O–H groups in total. The van der Waals surface area contributed by atoms with E-state index in [9.17, 15) is 0 Å². The van der Waals surface area contributed by atoms with E-state index in [-0.39, 0.29) is 0 Å². The summed E-state index contributed by atoms with van der Waals surface area (Å²) in [6.45, 7) is 0. The third-order valence-electron chi connectivity index (χ3n) is 11.5. The van der Waals surface area contributed by atoms with Crippen molar-refractivity contribution in [3.63, 3.8) is 0 Å². The van der Waals surface area contributed by atoms with Crippen molar-refractivity contribution in [2.75, 3.05) is 0 Å². The van der Waals surface area contributed by atoms with E-state index >= 15 is 4.57 Å². The Kier molecular flexibility index (Phi) is 8.08. The topological polar surface area (TPSA) is 34.4 Å². The van der Waals surface area contributed by atoms with Gasteiger partial charge in [0.15, 0.2) is 0 Å². The molecule has 0 aliphatic carbocycles. The van der Waals surface area contributed by atoms with E-state index in [1.807, 2.05) is 48.5 Å². The Morgan fingerprint density at radius 2 is 0.947 bits per heavy atom. The van der Waals surface area contributed by atoms with Gasteiger partial charge in [-0.3, -0.25) is 0 Å². The van der Waals surface area contributed by atoms with Crippen molar-refractivity contribution in [3.05, 3.63) is 206 Å².